The molecule has 0 amide bonds. The van der Waals surface area contributed by atoms with Crippen LogP contribution in [-0.2, 0) is 5.41 Å². The molecule has 2 N–H and O–H groups in total. The monoisotopic (exact) mass is 265 g/mol. The van der Waals surface area contributed by atoms with Gasteiger partial charge in [0.15, 0.2) is 0 Å². The number of ether oxygens (including phenoxy) is 1. The molecule has 0 spiro atoms. The summed E-state index contributed by atoms with van der Waals surface area (Å²) in [6.45, 7) is 11.2. The van der Waals surface area contributed by atoms with Crippen molar-refractivity contribution in [1.29, 1.82) is 0 Å². The highest BCUT2D eigenvalue weighted by atomic mass is 16.5. The molecule has 19 heavy (non-hydrogen) atoms. The molecule has 0 aromatic heterocycles. The van der Waals surface area contributed by atoms with Gasteiger partial charge in [-0.25, -0.2) is 0 Å². The molecule has 0 atom stereocenters. The van der Waals surface area contributed by atoms with E-state index in [4.69, 9.17) is 9.84 Å². The van der Waals surface area contributed by atoms with Crippen LogP contribution in [0.2, 0.25) is 0 Å². The highest BCUT2D eigenvalue weighted by molar-refractivity contribution is 5.38. The molecule has 0 aliphatic rings. The topological polar surface area (TPSA) is 41.5 Å². The molecule has 0 aliphatic heterocycles. The predicted molar refractivity (Wildman–Crippen MR) is 79.9 cm³/mol. The summed E-state index contributed by atoms with van der Waals surface area (Å²) in [5.41, 5.74) is 2.70. The van der Waals surface area contributed by atoms with Crippen LogP contribution in [0.4, 0.5) is 0 Å². The van der Waals surface area contributed by atoms with Crippen LogP contribution in [0.25, 0.3) is 0 Å². The van der Waals surface area contributed by atoms with E-state index in [-0.39, 0.29) is 12.0 Å². The van der Waals surface area contributed by atoms with Crippen molar-refractivity contribution in [3.05, 3.63) is 29.3 Å². The summed E-state index contributed by atoms with van der Waals surface area (Å²) in [6.07, 6.45) is 0.945. The van der Waals surface area contributed by atoms with Gasteiger partial charge in [-0.2, -0.15) is 0 Å². The van der Waals surface area contributed by atoms with Gasteiger partial charge in [0, 0.05) is 6.54 Å². The minimum atomic E-state index is 0.178. The fraction of sp³-hybridized carbons (Fsp3) is 0.625. The minimum absolute atomic E-state index is 0.178. The quantitative estimate of drug-likeness (QED) is 0.745. The van der Waals surface area contributed by atoms with Crippen molar-refractivity contribution < 1.29 is 9.84 Å². The van der Waals surface area contributed by atoms with E-state index >= 15 is 0 Å². The van der Waals surface area contributed by atoms with Crippen LogP contribution in [0.1, 0.15) is 38.3 Å². The van der Waals surface area contributed by atoms with E-state index in [9.17, 15) is 0 Å². The minimum Gasteiger partial charge on any atom is -0.493 e. The van der Waals surface area contributed by atoms with Crippen LogP contribution in [0.5, 0.6) is 5.75 Å². The maximum absolute atomic E-state index is 8.64. The van der Waals surface area contributed by atoms with Gasteiger partial charge >= 0.3 is 0 Å². The fourth-order valence-electron chi connectivity index (χ4n) is 1.86. The third kappa shape index (κ3) is 5.62. The highest BCUT2D eigenvalue weighted by Crippen LogP contribution is 2.27. The number of aryl methyl sites for hydroxylation is 1. The number of hydrogen-bond acceptors (Lipinski definition) is 3. The Kier molecular flexibility index (Phi) is 6.32. The summed E-state index contributed by atoms with van der Waals surface area (Å²) >= 11 is 0. The first-order valence-electron chi connectivity index (χ1n) is 7.00. The van der Waals surface area contributed by atoms with Gasteiger partial charge < -0.3 is 15.2 Å². The molecular weight excluding hydrogens is 238 g/mol. The van der Waals surface area contributed by atoms with Gasteiger partial charge in [0.25, 0.3) is 0 Å². The lowest BCUT2D eigenvalue weighted by atomic mass is 9.86. The molecule has 3 nitrogen and oxygen atoms in total. The van der Waals surface area contributed by atoms with Crippen molar-refractivity contribution in [2.45, 2.75) is 39.5 Å². The number of rotatable bonds is 7. The largest absolute Gasteiger partial charge is 0.493 e. The number of aliphatic hydroxyl groups excluding tert-OH is 1. The number of hydrogen-bond donors (Lipinski definition) is 2. The van der Waals surface area contributed by atoms with Gasteiger partial charge in [-0.05, 0) is 42.5 Å². The summed E-state index contributed by atoms with van der Waals surface area (Å²) in [6, 6.07) is 6.42. The van der Waals surface area contributed by atoms with Crippen molar-refractivity contribution in [3.63, 3.8) is 0 Å². The molecule has 0 saturated carbocycles. The lowest BCUT2D eigenvalue weighted by molar-refractivity contribution is 0.281. The molecular formula is C16H27NO2. The molecule has 108 valence electrons. The molecule has 0 unspecified atom stereocenters. The molecule has 0 radical (unpaired) electrons. The molecule has 0 heterocycles. The molecule has 0 bridgehead atoms. The van der Waals surface area contributed by atoms with Crippen LogP contribution in [0.15, 0.2) is 18.2 Å². The van der Waals surface area contributed by atoms with E-state index in [2.05, 4.69) is 51.2 Å². The van der Waals surface area contributed by atoms with Crippen LogP contribution in [0, 0.1) is 6.92 Å². The lowest BCUT2D eigenvalue weighted by Gasteiger charge is -2.20. The normalized spacial score (nSPS) is 11.6. The Hall–Kier alpha value is -1.06. The SMILES string of the molecule is Cc1cc(C(C)(C)C)ccc1OCCCNCCO. The standard InChI is InChI=1S/C16H27NO2/c1-13-12-14(16(2,3)4)6-7-15(13)19-11-5-8-17-9-10-18/h6-7,12,17-18H,5,8-11H2,1-4H3. The van der Waals surface area contributed by atoms with Crippen molar-refractivity contribution in [2.24, 2.45) is 0 Å². The third-order valence-electron chi connectivity index (χ3n) is 3.08. The Morgan fingerprint density at radius 3 is 2.53 bits per heavy atom. The maximum atomic E-state index is 8.64. The van der Waals surface area contributed by atoms with Crippen molar-refractivity contribution >= 4 is 0 Å². The molecule has 3 heteroatoms. The van der Waals surface area contributed by atoms with Gasteiger partial charge in [0.05, 0.1) is 13.2 Å². The molecule has 1 rings (SSSR count). The summed E-state index contributed by atoms with van der Waals surface area (Å²) in [4.78, 5) is 0. The van der Waals surface area contributed by atoms with E-state index in [0.717, 1.165) is 18.7 Å². The van der Waals surface area contributed by atoms with Gasteiger partial charge in [0.1, 0.15) is 5.75 Å². The zero-order valence-corrected chi connectivity index (χ0v) is 12.6. The van der Waals surface area contributed by atoms with Crippen LogP contribution < -0.4 is 10.1 Å². The molecule has 1 aromatic rings. The first-order chi connectivity index (χ1) is 8.95. The molecule has 1 aromatic carbocycles. The van der Waals surface area contributed by atoms with E-state index in [1.165, 1.54) is 11.1 Å². The van der Waals surface area contributed by atoms with Crippen molar-refractivity contribution in [3.8, 4) is 5.75 Å². The number of benzene rings is 1. The van der Waals surface area contributed by atoms with Gasteiger partial charge in [0.2, 0.25) is 0 Å². The summed E-state index contributed by atoms with van der Waals surface area (Å²) in [5.74, 6) is 0.968. The van der Waals surface area contributed by atoms with Crippen molar-refractivity contribution in [2.75, 3.05) is 26.3 Å². The molecule has 0 fully saturated rings. The van der Waals surface area contributed by atoms with Crippen LogP contribution >= 0.6 is 0 Å². The first kappa shape index (κ1) is 16.0. The van der Waals surface area contributed by atoms with E-state index < -0.39 is 0 Å². The van der Waals surface area contributed by atoms with Crippen molar-refractivity contribution in [1.82, 2.24) is 5.32 Å². The zero-order valence-electron chi connectivity index (χ0n) is 12.6. The average Bonchev–Trinajstić information content (AvgIpc) is 2.34. The molecule has 0 aliphatic carbocycles. The summed E-state index contributed by atoms with van der Waals surface area (Å²) < 4.78 is 5.78. The molecule has 0 saturated heterocycles. The van der Waals surface area contributed by atoms with Gasteiger partial charge in [-0.3, -0.25) is 0 Å². The second-order valence-corrected chi connectivity index (χ2v) is 5.91. The van der Waals surface area contributed by atoms with Gasteiger partial charge in [-0.1, -0.05) is 32.9 Å². The number of aliphatic hydroxyl groups is 1. The summed E-state index contributed by atoms with van der Waals surface area (Å²) in [5, 5.41) is 11.8. The zero-order chi connectivity index (χ0) is 14.3. The predicted octanol–water partition coefficient (Wildman–Crippen LogP) is 2.64. The Balaban J connectivity index is 2.43. The first-order valence-corrected chi connectivity index (χ1v) is 7.00. The summed E-state index contributed by atoms with van der Waals surface area (Å²) in [7, 11) is 0. The van der Waals surface area contributed by atoms with Gasteiger partial charge in [-0.15, -0.1) is 0 Å². The van der Waals surface area contributed by atoms with Crippen LogP contribution in [0.3, 0.4) is 0 Å². The Labute approximate surface area is 117 Å². The fourth-order valence-corrected chi connectivity index (χ4v) is 1.86. The van der Waals surface area contributed by atoms with E-state index in [1.807, 2.05) is 0 Å². The Morgan fingerprint density at radius 2 is 1.95 bits per heavy atom. The maximum Gasteiger partial charge on any atom is 0.122 e. The van der Waals surface area contributed by atoms with E-state index in [0.29, 0.717) is 13.2 Å². The number of nitrogens with one attached hydrogen (secondary N) is 1. The smallest absolute Gasteiger partial charge is 0.122 e. The van der Waals surface area contributed by atoms with Crippen LogP contribution in [-0.4, -0.2) is 31.4 Å². The second kappa shape index (κ2) is 7.51. The average molecular weight is 265 g/mol. The van der Waals surface area contributed by atoms with E-state index in [1.54, 1.807) is 0 Å². The second-order valence-electron chi connectivity index (χ2n) is 5.91. The third-order valence-corrected chi connectivity index (χ3v) is 3.08. The lowest BCUT2D eigenvalue weighted by Crippen LogP contribution is -2.21. The highest BCUT2D eigenvalue weighted by Gasteiger charge is 2.14. The Morgan fingerprint density at radius 1 is 1.21 bits per heavy atom. The Bertz CT molecular complexity index is 383.